The SMILES string of the molecule is CC(C)(C)OC(=O)N1CC(/C=C/[B-](F)(F)F)C1.[K+]. The largest absolute Gasteiger partial charge is 1.00 e. The average Bonchev–Trinajstić information content (AvgIpc) is 1.94. The van der Waals surface area contributed by atoms with Gasteiger partial charge in [-0.1, -0.05) is 0 Å². The fraction of sp³-hybridized carbons (Fsp3) is 0.700. The van der Waals surface area contributed by atoms with Crippen molar-refractivity contribution < 1.29 is 73.9 Å². The van der Waals surface area contributed by atoms with Crippen molar-refractivity contribution in [2.45, 2.75) is 26.4 Å². The van der Waals surface area contributed by atoms with Gasteiger partial charge in [-0.2, -0.15) is 0 Å². The minimum Gasteiger partial charge on any atom is -0.445 e. The van der Waals surface area contributed by atoms with Gasteiger partial charge in [-0.15, -0.1) is 12.1 Å². The Hall–Kier alpha value is 0.501. The Morgan fingerprint density at radius 1 is 1.33 bits per heavy atom. The van der Waals surface area contributed by atoms with E-state index in [1.807, 2.05) is 0 Å². The number of hydrogen-bond acceptors (Lipinski definition) is 2. The van der Waals surface area contributed by atoms with Gasteiger partial charge in [0, 0.05) is 19.0 Å². The van der Waals surface area contributed by atoms with E-state index >= 15 is 0 Å². The third-order valence-corrected chi connectivity index (χ3v) is 2.16. The number of rotatable bonds is 2. The van der Waals surface area contributed by atoms with Crippen molar-refractivity contribution in [3.63, 3.8) is 0 Å². The summed E-state index contributed by atoms with van der Waals surface area (Å²) < 4.78 is 40.9. The molecular weight excluding hydrogens is 273 g/mol. The van der Waals surface area contributed by atoms with E-state index in [1.165, 1.54) is 4.90 Å². The molecule has 1 saturated heterocycles. The molecule has 0 aromatic rings. The predicted octanol–water partition coefficient (Wildman–Crippen LogP) is -0.200. The third-order valence-electron chi connectivity index (χ3n) is 2.16. The monoisotopic (exact) mass is 289 g/mol. The van der Waals surface area contributed by atoms with Gasteiger partial charge in [0.2, 0.25) is 0 Å². The molecule has 0 saturated carbocycles. The molecule has 0 atom stereocenters. The first-order chi connectivity index (χ1) is 7.57. The van der Waals surface area contributed by atoms with E-state index in [4.69, 9.17) is 4.74 Å². The Balaban J connectivity index is 0.00000289. The third kappa shape index (κ3) is 7.18. The number of carbonyl (C=O) groups is 1. The van der Waals surface area contributed by atoms with E-state index in [1.54, 1.807) is 20.8 Å². The Morgan fingerprint density at radius 2 is 1.83 bits per heavy atom. The minimum absolute atomic E-state index is 0. The van der Waals surface area contributed by atoms with Crippen LogP contribution in [0.1, 0.15) is 20.8 Å². The molecule has 1 aliphatic heterocycles. The van der Waals surface area contributed by atoms with Gasteiger partial charge in [-0.25, -0.2) is 4.79 Å². The molecule has 1 fully saturated rings. The van der Waals surface area contributed by atoms with Crippen LogP contribution in [0.15, 0.2) is 12.1 Å². The molecule has 3 nitrogen and oxygen atoms in total. The van der Waals surface area contributed by atoms with E-state index in [2.05, 4.69) is 0 Å². The number of likely N-dealkylation sites (tertiary alicyclic amines) is 1. The van der Waals surface area contributed by atoms with Crippen molar-refractivity contribution >= 4 is 13.1 Å². The van der Waals surface area contributed by atoms with E-state index in [0.29, 0.717) is 0 Å². The van der Waals surface area contributed by atoms with Crippen molar-refractivity contribution in [1.29, 1.82) is 0 Å². The van der Waals surface area contributed by atoms with Crippen molar-refractivity contribution in [3.05, 3.63) is 12.1 Å². The first-order valence-electron chi connectivity index (χ1n) is 5.44. The van der Waals surface area contributed by atoms with Gasteiger partial charge < -0.3 is 22.6 Å². The molecule has 0 N–H and O–H groups in total. The van der Waals surface area contributed by atoms with Gasteiger partial charge in [-0.05, 0) is 20.8 Å². The van der Waals surface area contributed by atoms with Crippen LogP contribution in [0.5, 0.6) is 0 Å². The zero-order valence-corrected chi connectivity index (χ0v) is 14.2. The van der Waals surface area contributed by atoms with Crippen LogP contribution in [0.2, 0.25) is 0 Å². The van der Waals surface area contributed by atoms with Crippen molar-refractivity contribution in [2.75, 3.05) is 13.1 Å². The second-order valence-electron chi connectivity index (χ2n) is 5.16. The summed E-state index contributed by atoms with van der Waals surface area (Å²) >= 11 is 0. The molecule has 98 valence electrons. The molecule has 0 radical (unpaired) electrons. The maximum absolute atomic E-state index is 11.9. The van der Waals surface area contributed by atoms with Crippen LogP contribution >= 0.6 is 0 Å². The molecule has 0 unspecified atom stereocenters. The first-order valence-corrected chi connectivity index (χ1v) is 5.44. The summed E-state index contributed by atoms with van der Waals surface area (Å²) in [7, 11) is 0. The van der Waals surface area contributed by atoms with Gasteiger partial charge in [0.15, 0.2) is 0 Å². The first kappa shape index (κ1) is 18.5. The summed E-state index contributed by atoms with van der Waals surface area (Å²) in [6.07, 6.45) is 0.639. The zero-order chi connectivity index (χ0) is 13.3. The molecular formula is C10H16BF3KNO2. The summed E-state index contributed by atoms with van der Waals surface area (Å²) in [6.45, 7) is 0.932. The topological polar surface area (TPSA) is 29.5 Å². The molecule has 18 heavy (non-hydrogen) atoms. The van der Waals surface area contributed by atoms with Gasteiger partial charge in [-0.3, -0.25) is 0 Å². The fourth-order valence-electron chi connectivity index (χ4n) is 1.39. The molecule has 0 bridgehead atoms. The molecule has 0 aromatic heterocycles. The van der Waals surface area contributed by atoms with E-state index in [-0.39, 0.29) is 76.4 Å². The Morgan fingerprint density at radius 3 is 2.22 bits per heavy atom. The van der Waals surface area contributed by atoms with Crippen LogP contribution in [0.3, 0.4) is 0 Å². The summed E-state index contributed by atoms with van der Waals surface area (Å²) in [5, 5.41) is 0. The molecule has 8 heteroatoms. The number of hydrogen-bond donors (Lipinski definition) is 0. The molecule has 0 aromatic carbocycles. The number of amides is 1. The molecule has 1 heterocycles. The summed E-state index contributed by atoms with van der Waals surface area (Å²) in [4.78, 5) is 12.8. The van der Waals surface area contributed by atoms with Crippen molar-refractivity contribution in [3.8, 4) is 0 Å². The normalized spacial score (nSPS) is 17.3. The smallest absolute Gasteiger partial charge is 0.445 e. The molecule has 0 spiro atoms. The van der Waals surface area contributed by atoms with E-state index in [0.717, 1.165) is 6.08 Å². The van der Waals surface area contributed by atoms with Gasteiger partial charge in [0.1, 0.15) is 5.60 Å². The zero-order valence-electron chi connectivity index (χ0n) is 11.1. The standard InChI is InChI=1S/C10H16BF3NO2.K/c1-10(2,3)17-9(16)15-6-8(7-15)4-5-11(12,13)14;/h4-5,8H,6-7H2,1-3H3;/q-1;+1/b5-4+;. The number of halogens is 3. The Labute approximate surface area is 148 Å². The summed E-state index contributed by atoms with van der Waals surface area (Å²) in [5.74, 6) is 0.0582. The number of carbonyl (C=O) groups excluding carboxylic acids is 1. The average molecular weight is 289 g/mol. The molecule has 1 aliphatic rings. The minimum atomic E-state index is -4.88. The van der Waals surface area contributed by atoms with Crippen LogP contribution in [0, 0.1) is 5.92 Å². The fourth-order valence-corrected chi connectivity index (χ4v) is 1.39. The van der Waals surface area contributed by atoms with Crippen molar-refractivity contribution in [2.24, 2.45) is 5.92 Å². The number of nitrogens with zero attached hydrogens (tertiary/aromatic N) is 1. The Bertz CT molecular complexity index is 322. The van der Waals surface area contributed by atoms with Crippen LogP contribution in [0.25, 0.3) is 0 Å². The summed E-state index contributed by atoms with van der Waals surface area (Å²) in [5.41, 5.74) is -0.576. The van der Waals surface area contributed by atoms with E-state index < -0.39 is 18.7 Å². The van der Waals surface area contributed by atoms with Crippen LogP contribution in [-0.4, -0.2) is 36.7 Å². The maximum atomic E-state index is 11.9. The molecule has 1 amide bonds. The van der Waals surface area contributed by atoms with Crippen LogP contribution < -0.4 is 51.4 Å². The predicted molar refractivity (Wildman–Crippen MR) is 59.5 cm³/mol. The van der Waals surface area contributed by atoms with Crippen molar-refractivity contribution in [1.82, 2.24) is 4.90 Å². The van der Waals surface area contributed by atoms with Gasteiger partial charge in [0.05, 0.1) is 0 Å². The van der Waals surface area contributed by atoms with Crippen LogP contribution in [0.4, 0.5) is 17.7 Å². The Kier molecular flexibility index (Phi) is 6.97. The van der Waals surface area contributed by atoms with Gasteiger partial charge >= 0.3 is 64.5 Å². The summed E-state index contributed by atoms with van der Waals surface area (Å²) in [6, 6.07) is 0. The maximum Gasteiger partial charge on any atom is 1.00 e. The van der Waals surface area contributed by atoms with Crippen LogP contribution in [-0.2, 0) is 4.74 Å². The second kappa shape index (κ2) is 6.79. The quantitative estimate of drug-likeness (QED) is 0.659. The number of ether oxygens (including phenoxy) is 1. The molecule has 0 aliphatic carbocycles. The van der Waals surface area contributed by atoms with E-state index in [9.17, 15) is 17.7 Å². The van der Waals surface area contributed by atoms with Gasteiger partial charge in [0.25, 0.3) is 0 Å². The second-order valence-corrected chi connectivity index (χ2v) is 5.16. The molecule has 1 rings (SSSR count).